The van der Waals surface area contributed by atoms with Crippen molar-refractivity contribution in [2.24, 2.45) is 5.22 Å². The van der Waals surface area contributed by atoms with Crippen LogP contribution in [-0.2, 0) is 35.1 Å². The molecule has 1 unspecified atom stereocenters. The average Bonchev–Trinajstić information content (AvgIpc) is 3.06. The lowest BCUT2D eigenvalue weighted by molar-refractivity contribution is -0.145. The summed E-state index contributed by atoms with van der Waals surface area (Å²) in [7, 11) is 0. The van der Waals surface area contributed by atoms with Crippen LogP contribution in [0.15, 0.2) is 65.9 Å². The molecule has 274 valence electrons. The van der Waals surface area contributed by atoms with Crippen molar-refractivity contribution < 1.29 is 38.1 Å². The number of carbonyl (C=O) groups is 4. The zero-order chi connectivity index (χ0) is 37.2. The number of carbonyl (C=O) groups excluding carboxylic acids is 4. The molecule has 0 aliphatic carbocycles. The molecule has 2 atom stereocenters. The van der Waals surface area contributed by atoms with Gasteiger partial charge in [0.25, 0.3) is 0 Å². The van der Waals surface area contributed by atoms with E-state index in [2.05, 4.69) is 21.2 Å². The number of ether oxygens (including phenoxy) is 4. The summed E-state index contributed by atoms with van der Waals surface area (Å²) in [6.07, 6.45) is -0.411. The molecule has 0 fully saturated rings. The first-order valence-electron chi connectivity index (χ1n) is 16.4. The quantitative estimate of drug-likeness (QED) is 0.0252. The standard InChI is InChI=1S/C35H51N7O8/c1-25(27-17-11-8-12-18-27)30(43)48-21-14-13-19-38-32(45)49-22-20-42(41-37)29(36)28(24-47-23-26-15-9-7-10-16-26)39-31(44)35(5,6)40-33(46)50-34(2,3)4/h7-12,15-18,25,28,36-37H,13-14,19-24H2,1-6H3,(H,38,45)(H,39,44)(H,40,46)/t25?,28-/m1/s1. The van der Waals surface area contributed by atoms with Gasteiger partial charge in [-0.2, -0.15) is 5.53 Å². The number of alkyl carbamates (subject to hydrolysis) is 2. The maximum Gasteiger partial charge on any atom is 0.408 e. The molecular weight excluding hydrogens is 646 g/mol. The Morgan fingerprint density at radius 2 is 1.52 bits per heavy atom. The van der Waals surface area contributed by atoms with Crippen LogP contribution in [0, 0.1) is 10.9 Å². The Kier molecular flexibility index (Phi) is 16.8. The van der Waals surface area contributed by atoms with Crippen molar-refractivity contribution in [1.82, 2.24) is 21.0 Å². The van der Waals surface area contributed by atoms with Crippen molar-refractivity contribution in [2.45, 2.75) is 84.1 Å². The summed E-state index contributed by atoms with van der Waals surface area (Å²) >= 11 is 0. The summed E-state index contributed by atoms with van der Waals surface area (Å²) in [5.74, 6) is -1.62. The van der Waals surface area contributed by atoms with E-state index in [0.29, 0.717) is 12.8 Å². The van der Waals surface area contributed by atoms with E-state index < -0.39 is 35.3 Å². The Morgan fingerprint density at radius 3 is 2.14 bits per heavy atom. The van der Waals surface area contributed by atoms with E-state index in [9.17, 15) is 19.2 Å². The summed E-state index contributed by atoms with van der Waals surface area (Å²) in [6.45, 7) is 10.0. The lowest BCUT2D eigenvalue weighted by Crippen LogP contribution is -2.60. The van der Waals surface area contributed by atoms with Gasteiger partial charge in [-0.3, -0.25) is 15.0 Å². The van der Waals surface area contributed by atoms with Gasteiger partial charge >= 0.3 is 18.2 Å². The second-order valence-electron chi connectivity index (χ2n) is 13.0. The van der Waals surface area contributed by atoms with Gasteiger partial charge in [-0.1, -0.05) is 65.9 Å². The molecule has 5 N–H and O–H groups in total. The highest BCUT2D eigenvalue weighted by Gasteiger charge is 2.34. The van der Waals surface area contributed by atoms with Crippen molar-refractivity contribution >= 4 is 29.9 Å². The number of unbranched alkanes of at least 4 members (excludes halogenated alkanes) is 1. The minimum absolute atomic E-state index is 0.157. The van der Waals surface area contributed by atoms with Crippen molar-refractivity contribution in [2.75, 3.05) is 32.9 Å². The number of amidine groups is 1. The van der Waals surface area contributed by atoms with Crippen LogP contribution in [0.5, 0.6) is 0 Å². The Morgan fingerprint density at radius 1 is 0.880 bits per heavy atom. The predicted molar refractivity (Wildman–Crippen MR) is 185 cm³/mol. The second-order valence-corrected chi connectivity index (χ2v) is 13.0. The number of esters is 1. The van der Waals surface area contributed by atoms with E-state index in [1.807, 2.05) is 60.7 Å². The van der Waals surface area contributed by atoms with Crippen LogP contribution in [0.2, 0.25) is 0 Å². The van der Waals surface area contributed by atoms with E-state index in [1.54, 1.807) is 27.7 Å². The van der Waals surface area contributed by atoms with E-state index >= 15 is 0 Å². The summed E-state index contributed by atoms with van der Waals surface area (Å²) in [6, 6.07) is 17.6. The minimum atomic E-state index is -1.44. The Hall–Kier alpha value is -5.05. The van der Waals surface area contributed by atoms with Crippen LogP contribution >= 0.6 is 0 Å². The third-order valence-electron chi connectivity index (χ3n) is 7.09. The zero-order valence-corrected chi connectivity index (χ0v) is 29.7. The second kappa shape index (κ2) is 20.5. The van der Waals surface area contributed by atoms with Crippen LogP contribution in [-0.4, -0.2) is 85.0 Å². The number of amides is 3. The topological polar surface area (TPSA) is 205 Å². The van der Waals surface area contributed by atoms with Crippen molar-refractivity contribution in [3.63, 3.8) is 0 Å². The molecule has 0 heterocycles. The van der Waals surface area contributed by atoms with Gasteiger partial charge in [0.15, 0.2) is 0 Å². The third kappa shape index (κ3) is 15.4. The molecule has 0 aliphatic heterocycles. The highest BCUT2D eigenvalue weighted by molar-refractivity contribution is 5.94. The van der Waals surface area contributed by atoms with E-state index in [-0.39, 0.29) is 57.2 Å². The monoisotopic (exact) mass is 697 g/mol. The molecule has 50 heavy (non-hydrogen) atoms. The summed E-state index contributed by atoms with van der Waals surface area (Å²) < 4.78 is 21.6. The van der Waals surface area contributed by atoms with E-state index in [1.165, 1.54) is 13.8 Å². The molecule has 0 spiro atoms. The summed E-state index contributed by atoms with van der Waals surface area (Å²) in [5, 5.41) is 20.9. The highest BCUT2D eigenvalue weighted by atomic mass is 16.6. The first-order valence-corrected chi connectivity index (χ1v) is 16.4. The fourth-order valence-corrected chi connectivity index (χ4v) is 4.29. The van der Waals surface area contributed by atoms with Gasteiger partial charge in [-0.05, 0) is 65.5 Å². The summed E-state index contributed by atoms with van der Waals surface area (Å²) in [4.78, 5) is 50.1. The molecule has 2 rings (SSSR count). The molecule has 0 aromatic heterocycles. The molecule has 0 aliphatic rings. The molecule has 0 radical (unpaired) electrons. The zero-order valence-electron chi connectivity index (χ0n) is 29.7. The fraction of sp³-hybridized carbons (Fsp3) is 0.514. The SMILES string of the molecule is CC(C(=O)OCCCCNC(=O)OCCN(N=N)C(=N)[C@@H](COCc1ccccc1)NC(=O)C(C)(C)NC(=O)OC(C)(C)C)c1ccccc1. The molecular formula is C35H51N7O8. The van der Waals surface area contributed by atoms with Crippen molar-refractivity contribution in [3.05, 3.63) is 71.8 Å². The average molecular weight is 698 g/mol. The van der Waals surface area contributed by atoms with Gasteiger partial charge in [-0.25, -0.2) is 14.6 Å². The van der Waals surface area contributed by atoms with Gasteiger partial charge in [0, 0.05) is 6.54 Å². The van der Waals surface area contributed by atoms with Crippen LogP contribution in [0.25, 0.3) is 0 Å². The number of nitrogens with one attached hydrogen (secondary N) is 5. The molecule has 3 amide bonds. The maximum atomic E-state index is 13.3. The van der Waals surface area contributed by atoms with Crippen molar-refractivity contribution in [3.8, 4) is 0 Å². The van der Waals surface area contributed by atoms with Crippen LogP contribution in [0.1, 0.15) is 71.4 Å². The van der Waals surface area contributed by atoms with Crippen LogP contribution in [0.4, 0.5) is 9.59 Å². The van der Waals surface area contributed by atoms with Crippen LogP contribution < -0.4 is 16.0 Å². The number of nitrogens with zero attached hydrogens (tertiary/aromatic N) is 2. The third-order valence-corrected chi connectivity index (χ3v) is 7.09. The molecule has 0 saturated carbocycles. The Labute approximate surface area is 293 Å². The predicted octanol–water partition coefficient (Wildman–Crippen LogP) is 5.07. The Bertz CT molecular complexity index is 1400. The van der Waals surface area contributed by atoms with Gasteiger partial charge in [0.1, 0.15) is 29.6 Å². The number of benzene rings is 2. The minimum Gasteiger partial charge on any atom is -0.465 e. The molecule has 2 aromatic carbocycles. The Balaban J connectivity index is 1.85. The summed E-state index contributed by atoms with van der Waals surface area (Å²) in [5.41, 5.74) is 7.17. The van der Waals surface area contributed by atoms with Crippen LogP contribution in [0.3, 0.4) is 0 Å². The molecule has 2 aromatic rings. The number of rotatable bonds is 19. The fourth-order valence-electron chi connectivity index (χ4n) is 4.29. The van der Waals surface area contributed by atoms with E-state index in [4.69, 9.17) is 29.9 Å². The van der Waals surface area contributed by atoms with Crippen molar-refractivity contribution in [1.29, 1.82) is 10.9 Å². The van der Waals surface area contributed by atoms with Gasteiger partial charge in [0.05, 0.1) is 32.3 Å². The lowest BCUT2D eigenvalue weighted by Gasteiger charge is -2.31. The normalized spacial score (nSPS) is 12.4. The van der Waals surface area contributed by atoms with E-state index in [0.717, 1.165) is 16.1 Å². The smallest absolute Gasteiger partial charge is 0.408 e. The van der Waals surface area contributed by atoms with Gasteiger partial charge in [-0.15, -0.1) is 0 Å². The largest absolute Gasteiger partial charge is 0.465 e. The first kappa shape index (κ1) is 41.1. The molecule has 0 bridgehead atoms. The number of hydrogen-bond acceptors (Lipinski definition) is 11. The number of hydrogen-bond donors (Lipinski definition) is 5. The molecule has 0 saturated heterocycles. The lowest BCUT2D eigenvalue weighted by atomic mass is 10.0. The maximum absolute atomic E-state index is 13.3. The molecule has 15 nitrogen and oxygen atoms in total. The molecule has 15 heteroatoms. The highest BCUT2D eigenvalue weighted by Crippen LogP contribution is 2.16. The first-order chi connectivity index (χ1) is 23.6. The van der Waals surface area contributed by atoms with Gasteiger partial charge < -0.3 is 34.9 Å². The van der Waals surface area contributed by atoms with Gasteiger partial charge in [0.2, 0.25) is 5.91 Å².